The van der Waals surface area contributed by atoms with Crippen LogP contribution in [0.25, 0.3) is 10.9 Å². The van der Waals surface area contributed by atoms with Crippen LogP contribution in [0.1, 0.15) is 52.5 Å². The van der Waals surface area contributed by atoms with E-state index >= 15 is 0 Å². The minimum absolute atomic E-state index is 0.0594. The summed E-state index contributed by atoms with van der Waals surface area (Å²) in [6.07, 6.45) is 5.33. The van der Waals surface area contributed by atoms with E-state index in [0.717, 1.165) is 22.9 Å². The number of rotatable bonds is 16. The molecule has 0 spiro atoms. The number of nitrogens with two attached hydrogens (primary N) is 1. The van der Waals surface area contributed by atoms with E-state index in [1.807, 2.05) is 58.2 Å². The zero-order valence-electron chi connectivity index (χ0n) is 23.5. The number of carbonyl (C=O) groups is 4. The molecule has 39 heavy (non-hydrogen) atoms. The Labute approximate surface area is 234 Å². The molecule has 0 aliphatic carbocycles. The van der Waals surface area contributed by atoms with Crippen LogP contribution >= 0.6 is 11.8 Å². The molecule has 0 bridgehead atoms. The number of aromatic amines is 1. The molecule has 0 saturated heterocycles. The number of thioether (sulfide) groups is 1. The van der Waals surface area contributed by atoms with Crippen LogP contribution in [0.2, 0.25) is 0 Å². The number of hydrogen-bond donors (Lipinski definition) is 6. The second-order valence-corrected chi connectivity index (χ2v) is 11.1. The minimum Gasteiger partial charge on any atom is -0.480 e. The first-order chi connectivity index (χ1) is 18.5. The molecule has 1 heterocycles. The molecule has 10 nitrogen and oxygen atoms in total. The largest absolute Gasteiger partial charge is 0.480 e. The lowest BCUT2D eigenvalue weighted by atomic mass is 9.95. The fourth-order valence-electron chi connectivity index (χ4n) is 4.22. The van der Waals surface area contributed by atoms with Gasteiger partial charge in [-0.1, -0.05) is 58.7 Å². The van der Waals surface area contributed by atoms with Gasteiger partial charge in [0.1, 0.15) is 18.1 Å². The Kier molecular flexibility index (Phi) is 12.8. The van der Waals surface area contributed by atoms with Crippen LogP contribution in [0.3, 0.4) is 0 Å². The van der Waals surface area contributed by atoms with Crippen LogP contribution in [-0.2, 0) is 25.6 Å². The number of amides is 3. The van der Waals surface area contributed by atoms with Crippen molar-refractivity contribution in [1.82, 2.24) is 20.9 Å². The number of H-pyrrole nitrogens is 1. The van der Waals surface area contributed by atoms with Crippen LogP contribution in [0, 0.1) is 11.8 Å². The van der Waals surface area contributed by atoms with Gasteiger partial charge in [0.15, 0.2) is 0 Å². The summed E-state index contributed by atoms with van der Waals surface area (Å²) >= 11 is 1.51. The molecule has 0 radical (unpaired) electrons. The first-order valence-corrected chi connectivity index (χ1v) is 14.9. The molecule has 3 amide bonds. The predicted octanol–water partition coefficient (Wildman–Crippen LogP) is 2.42. The van der Waals surface area contributed by atoms with Crippen LogP contribution < -0.4 is 21.7 Å². The standard InChI is InChI=1S/C28H43N5O5S/c1-6-16(3)23(29)26(35)33-24(17(4)7-2)27(36)31-21(12-13-39-5)25(34)32-22(28(37)38)14-18-15-30-20-11-9-8-10-19(18)20/h8-11,15-17,21-24,30H,6-7,12-14,29H2,1-5H3,(H,31,36)(H,32,34)(H,33,35)(H,37,38). The fraction of sp³-hybridized carbons (Fsp3) is 0.571. The molecule has 216 valence electrons. The van der Waals surface area contributed by atoms with E-state index in [1.54, 1.807) is 6.20 Å². The third-order valence-corrected chi connectivity index (χ3v) is 7.95. The number of carbonyl (C=O) groups excluding carboxylic acids is 3. The lowest BCUT2D eigenvalue weighted by Crippen LogP contribution is -2.59. The lowest BCUT2D eigenvalue weighted by Gasteiger charge is -2.28. The zero-order chi connectivity index (χ0) is 29.1. The van der Waals surface area contributed by atoms with Gasteiger partial charge in [0, 0.05) is 23.5 Å². The summed E-state index contributed by atoms with van der Waals surface area (Å²) in [5.41, 5.74) is 7.72. The molecule has 7 N–H and O–H groups in total. The molecule has 11 heteroatoms. The van der Waals surface area contributed by atoms with Crippen molar-refractivity contribution < 1.29 is 24.3 Å². The number of nitrogens with one attached hydrogen (secondary N) is 4. The van der Waals surface area contributed by atoms with Gasteiger partial charge in [-0.3, -0.25) is 14.4 Å². The maximum Gasteiger partial charge on any atom is 0.326 e. The first kappa shape index (κ1) is 32.2. The summed E-state index contributed by atoms with van der Waals surface area (Å²) in [5, 5.41) is 18.9. The topological polar surface area (TPSA) is 166 Å². The number of carboxylic acid groups (broad SMARTS) is 1. The van der Waals surface area contributed by atoms with Crippen LogP contribution in [0.15, 0.2) is 30.5 Å². The summed E-state index contributed by atoms with van der Waals surface area (Å²) < 4.78 is 0. The van der Waals surface area contributed by atoms with Crippen molar-refractivity contribution in [3.63, 3.8) is 0 Å². The van der Waals surface area contributed by atoms with Gasteiger partial charge in [-0.25, -0.2) is 4.79 Å². The molecule has 1 aromatic heterocycles. The molecule has 0 aliphatic heterocycles. The quantitative estimate of drug-likeness (QED) is 0.183. The summed E-state index contributed by atoms with van der Waals surface area (Å²) in [7, 11) is 0. The van der Waals surface area contributed by atoms with Crippen molar-refractivity contribution in [1.29, 1.82) is 0 Å². The number of aliphatic carboxylic acids is 1. The van der Waals surface area contributed by atoms with Crippen LogP contribution in [0.5, 0.6) is 0 Å². The van der Waals surface area contributed by atoms with E-state index in [0.29, 0.717) is 18.6 Å². The fourth-order valence-corrected chi connectivity index (χ4v) is 4.69. The van der Waals surface area contributed by atoms with Crippen molar-refractivity contribution >= 4 is 46.4 Å². The van der Waals surface area contributed by atoms with Gasteiger partial charge in [0.25, 0.3) is 0 Å². The lowest BCUT2D eigenvalue weighted by molar-refractivity contribution is -0.142. The number of fused-ring (bicyclic) bond motifs is 1. The SMILES string of the molecule is CCC(C)C(N)C(=O)NC(C(=O)NC(CCSC)C(=O)NC(Cc1c[nH]c2ccccc12)C(=O)O)C(C)CC. The highest BCUT2D eigenvalue weighted by molar-refractivity contribution is 7.98. The molecule has 0 fully saturated rings. The van der Waals surface area contributed by atoms with Crippen molar-refractivity contribution in [2.75, 3.05) is 12.0 Å². The predicted molar refractivity (Wildman–Crippen MR) is 155 cm³/mol. The molecular formula is C28H43N5O5S. The van der Waals surface area contributed by atoms with E-state index in [2.05, 4.69) is 20.9 Å². The molecule has 1 aromatic carbocycles. The summed E-state index contributed by atoms with van der Waals surface area (Å²) in [5.74, 6) is -2.38. The average molecular weight is 562 g/mol. The van der Waals surface area contributed by atoms with Crippen LogP contribution in [0.4, 0.5) is 0 Å². The maximum absolute atomic E-state index is 13.4. The Bertz CT molecular complexity index is 1120. The number of benzene rings is 1. The number of aromatic nitrogens is 1. The van der Waals surface area contributed by atoms with Crippen molar-refractivity contribution in [3.05, 3.63) is 36.0 Å². The van der Waals surface area contributed by atoms with Crippen molar-refractivity contribution in [3.8, 4) is 0 Å². The summed E-state index contributed by atoms with van der Waals surface area (Å²) in [4.78, 5) is 54.6. The van der Waals surface area contributed by atoms with E-state index < -0.39 is 47.9 Å². The Morgan fingerprint density at radius 1 is 0.949 bits per heavy atom. The van der Waals surface area contributed by atoms with Gasteiger partial charge in [-0.15, -0.1) is 0 Å². The summed E-state index contributed by atoms with van der Waals surface area (Å²) in [6.45, 7) is 7.57. The molecule has 2 aromatic rings. The molecule has 0 aliphatic rings. The second kappa shape index (κ2) is 15.5. The molecule has 6 atom stereocenters. The third kappa shape index (κ3) is 8.99. The smallest absolute Gasteiger partial charge is 0.326 e. The Hall–Kier alpha value is -3.05. The molecule has 2 rings (SSSR count). The van der Waals surface area contributed by atoms with Gasteiger partial charge < -0.3 is 31.8 Å². The monoisotopic (exact) mass is 561 g/mol. The van der Waals surface area contributed by atoms with Crippen LogP contribution in [-0.4, -0.2) is 70.0 Å². The molecule has 0 saturated carbocycles. The van der Waals surface area contributed by atoms with E-state index in [-0.39, 0.29) is 18.3 Å². The van der Waals surface area contributed by atoms with Gasteiger partial charge in [-0.05, 0) is 41.9 Å². The van der Waals surface area contributed by atoms with Gasteiger partial charge >= 0.3 is 5.97 Å². The number of hydrogen-bond acceptors (Lipinski definition) is 6. The maximum atomic E-state index is 13.4. The average Bonchev–Trinajstić information content (AvgIpc) is 3.34. The summed E-state index contributed by atoms with van der Waals surface area (Å²) in [6, 6.07) is 3.72. The Balaban J connectivity index is 2.19. The van der Waals surface area contributed by atoms with E-state index in [1.165, 1.54) is 11.8 Å². The number of para-hydroxylation sites is 1. The first-order valence-electron chi connectivity index (χ1n) is 13.5. The highest BCUT2D eigenvalue weighted by atomic mass is 32.2. The Morgan fingerprint density at radius 3 is 2.21 bits per heavy atom. The van der Waals surface area contributed by atoms with Crippen molar-refractivity contribution in [2.24, 2.45) is 17.6 Å². The highest BCUT2D eigenvalue weighted by Gasteiger charge is 2.33. The van der Waals surface area contributed by atoms with E-state index in [9.17, 15) is 24.3 Å². The highest BCUT2D eigenvalue weighted by Crippen LogP contribution is 2.19. The van der Waals surface area contributed by atoms with Gasteiger partial charge in [0.2, 0.25) is 17.7 Å². The van der Waals surface area contributed by atoms with E-state index in [4.69, 9.17) is 5.73 Å². The van der Waals surface area contributed by atoms with Gasteiger partial charge in [-0.2, -0.15) is 11.8 Å². The van der Waals surface area contributed by atoms with Gasteiger partial charge in [0.05, 0.1) is 6.04 Å². The minimum atomic E-state index is -1.19. The molecular weight excluding hydrogens is 518 g/mol. The Morgan fingerprint density at radius 2 is 1.59 bits per heavy atom. The normalized spacial score (nSPS) is 15.9. The van der Waals surface area contributed by atoms with Crippen molar-refractivity contribution in [2.45, 2.75) is 77.5 Å². The zero-order valence-corrected chi connectivity index (χ0v) is 24.3. The molecule has 6 unspecified atom stereocenters. The number of carboxylic acids is 1. The third-order valence-electron chi connectivity index (χ3n) is 7.31. The second-order valence-electron chi connectivity index (χ2n) is 10.1.